The Morgan fingerprint density at radius 3 is 3.05 bits per heavy atom. The van der Waals surface area contributed by atoms with Crippen molar-refractivity contribution >= 4 is 23.8 Å². The van der Waals surface area contributed by atoms with Crippen LogP contribution in [0.4, 0.5) is 4.79 Å². The van der Waals surface area contributed by atoms with Gasteiger partial charge in [0.1, 0.15) is 12.4 Å². The van der Waals surface area contributed by atoms with E-state index in [4.69, 9.17) is 5.11 Å². The van der Waals surface area contributed by atoms with Crippen molar-refractivity contribution in [2.24, 2.45) is 0 Å². The lowest BCUT2D eigenvalue weighted by Crippen LogP contribution is -2.50. The normalized spacial score (nSPS) is 22.4. The number of nitrogens with zero attached hydrogens (tertiary/aromatic N) is 5. The van der Waals surface area contributed by atoms with Crippen molar-refractivity contribution in [3.8, 4) is 0 Å². The van der Waals surface area contributed by atoms with Crippen LogP contribution in [0.2, 0.25) is 0 Å². The van der Waals surface area contributed by atoms with Gasteiger partial charge in [0, 0.05) is 18.8 Å². The fourth-order valence-electron chi connectivity index (χ4n) is 2.25. The Hall–Kier alpha value is -1.77. The summed E-state index contributed by atoms with van der Waals surface area (Å²) in [7, 11) is 0. The Bertz CT molecular complexity index is 519. The first-order valence-electron chi connectivity index (χ1n) is 5.89. The summed E-state index contributed by atoms with van der Waals surface area (Å²) < 4.78 is 1.90. The lowest BCUT2D eigenvalue weighted by Gasteiger charge is -2.32. The van der Waals surface area contributed by atoms with Gasteiger partial charge in [-0.3, -0.25) is 0 Å². The maximum absolute atomic E-state index is 12.4. The standard InChI is InChI=1S/C10H13N5O3S/c16-9(17)7-4-19-6-15(7)10(18)13-1-2-14-5-11-12-8(14)3-13/h5,7H,1-4,6H2,(H,16,17). The second-order valence-corrected chi connectivity index (χ2v) is 5.47. The Labute approximate surface area is 113 Å². The van der Waals surface area contributed by atoms with Gasteiger partial charge in [0.25, 0.3) is 0 Å². The van der Waals surface area contributed by atoms with E-state index in [0.717, 1.165) is 5.82 Å². The molecule has 1 unspecified atom stereocenters. The molecule has 0 radical (unpaired) electrons. The highest BCUT2D eigenvalue weighted by Gasteiger charge is 2.37. The molecule has 1 saturated heterocycles. The number of urea groups is 1. The second-order valence-electron chi connectivity index (χ2n) is 4.47. The van der Waals surface area contributed by atoms with Crippen LogP contribution < -0.4 is 0 Å². The fourth-order valence-corrected chi connectivity index (χ4v) is 3.39. The van der Waals surface area contributed by atoms with E-state index in [1.54, 1.807) is 11.2 Å². The van der Waals surface area contributed by atoms with Gasteiger partial charge in [0.15, 0.2) is 5.82 Å². The molecule has 3 heterocycles. The summed E-state index contributed by atoms with van der Waals surface area (Å²) in [6.45, 7) is 1.58. The third-order valence-electron chi connectivity index (χ3n) is 3.32. The van der Waals surface area contributed by atoms with Crippen LogP contribution >= 0.6 is 11.8 Å². The van der Waals surface area contributed by atoms with Crippen LogP contribution in [0.5, 0.6) is 0 Å². The first kappa shape index (κ1) is 12.3. The van der Waals surface area contributed by atoms with Gasteiger partial charge in [0.05, 0.1) is 12.4 Å². The molecule has 2 aliphatic rings. The summed E-state index contributed by atoms with van der Waals surface area (Å²) in [6, 6.07) is -0.955. The minimum Gasteiger partial charge on any atom is -0.480 e. The molecule has 1 fully saturated rings. The number of fused-ring (bicyclic) bond motifs is 1. The summed E-state index contributed by atoms with van der Waals surface area (Å²) >= 11 is 1.46. The van der Waals surface area contributed by atoms with Crippen LogP contribution in [0.3, 0.4) is 0 Å². The van der Waals surface area contributed by atoms with Crippen LogP contribution in [-0.2, 0) is 17.9 Å². The number of carboxylic acids is 1. The van der Waals surface area contributed by atoms with Gasteiger partial charge in [-0.05, 0) is 0 Å². The molecule has 1 aromatic heterocycles. The van der Waals surface area contributed by atoms with E-state index in [2.05, 4.69) is 10.2 Å². The van der Waals surface area contributed by atoms with Crippen molar-refractivity contribution in [3.63, 3.8) is 0 Å². The van der Waals surface area contributed by atoms with Crippen LogP contribution in [0.25, 0.3) is 0 Å². The Balaban J connectivity index is 1.73. The first-order valence-corrected chi connectivity index (χ1v) is 7.05. The van der Waals surface area contributed by atoms with E-state index < -0.39 is 12.0 Å². The number of carbonyl (C=O) groups is 2. The number of aliphatic carboxylic acids is 1. The first-order chi connectivity index (χ1) is 9.16. The molecule has 0 aromatic carbocycles. The highest BCUT2D eigenvalue weighted by atomic mass is 32.2. The SMILES string of the molecule is O=C(O)C1CSCN1C(=O)N1CCn2cnnc2C1. The lowest BCUT2D eigenvalue weighted by molar-refractivity contribution is -0.141. The van der Waals surface area contributed by atoms with Gasteiger partial charge >= 0.3 is 12.0 Å². The molecule has 2 aliphatic heterocycles. The topological polar surface area (TPSA) is 91.6 Å². The number of amides is 2. The highest BCUT2D eigenvalue weighted by molar-refractivity contribution is 7.99. The monoisotopic (exact) mass is 283 g/mol. The van der Waals surface area contributed by atoms with Crippen molar-refractivity contribution in [2.75, 3.05) is 18.2 Å². The van der Waals surface area contributed by atoms with Crippen LogP contribution in [0.1, 0.15) is 5.82 Å². The number of rotatable bonds is 1. The quantitative estimate of drug-likeness (QED) is 0.759. The van der Waals surface area contributed by atoms with Crippen molar-refractivity contribution < 1.29 is 14.7 Å². The number of carbonyl (C=O) groups excluding carboxylic acids is 1. The van der Waals surface area contributed by atoms with Crippen LogP contribution in [0, 0.1) is 0 Å². The molecular formula is C10H13N5O3S. The number of carboxylic acid groups (broad SMARTS) is 1. The van der Waals surface area contributed by atoms with Crippen molar-refractivity contribution in [1.29, 1.82) is 0 Å². The Morgan fingerprint density at radius 1 is 1.42 bits per heavy atom. The van der Waals surface area contributed by atoms with Gasteiger partial charge in [0.2, 0.25) is 0 Å². The van der Waals surface area contributed by atoms with Gasteiger partial charge in [-0.25, -0.2) is 9.59 Å². The molecule has 2 amide bonds. The molecule has 102 valence electrons. The number of hydrogen-bond donors (Lipinski definition) is 1. The number of aromatic nitrogens is 3. The molecule has 0 saturated carbocycles. The summed E-state index contributed by atoms with van der Waals surface area (Å²) in [5, 5.41) is 16.9. The van der Waals surface area contributed by atoms with Gasteiger partial charge in [-0.1, -0.05) is 0 Å². The molecule has 0 bridgehead atoms. The molecule has 3 rings (SSSR count). The summed E-state index contributed by atoms with van der Waals surface area (Å²) in [4.78, 5) is 26.5. The van der Waals surface area contributed by atoms with E-state index in [-0.39, 0.29) is 6.03 Å². The maximum atomic E-state index is 12.4. The third kappa shape index (κ3) is 2.14. The minimum atomic E-state index is -0.946. The predicted octanol–water partition coefficient (Wildman–Crippen LogP) is -0.327. The third-order valence-corrected chi connectivity index (χ3v) is 4.33. The van der Waals surface area contributed by atoms with Crippen molar-refractivity contribution in [2.45, 2.75) is 19.1 Å². The number of hydrogen-bond acceptors (Lipinski definition) is 5. The summed E-state index contributed by atoms with van der Waals surface area (Å²) in [5.41, 5.74) is 0. The average molecular weight is 283 g/mol. The van der Waals surface area contributed by atoms with Crippen molar-refractivity contribution in [1.82, 2.24) is 24.6 Å². The molecule has 1 N–H and O–H groups in total. The highest BCUT2D eigenvalue weighted by Crippen LogP contribution is 2.23. The van der Waals surface area contributed by atoms with Gasteiger partial charge < -0.3 is 19.5 Å². The summed E-state index contributed by atoms with van der Waals surface area (Å²) in [5.74, 6) is 0.668. The number of thioether (sulfide) groups is 1. The average Bonchev–Trinajstić information content (AvgIpc) is 3.05. The lowest BCUT2D eigenvalue weighted by atomic mass is 10.3. The molecule has 0 aliphatic carbocycles. The molecular weight excluding hydrogens is 270 g/mol. The smallest absolute Gasteiger partial charge is 0.327 e. The zero-order valence-electron chi connectivity index (χ0n) is 10.1. The predicted molar refractivity (Wildman–Crippen MR) is 66.4 cm³/mol. The van der Waals surface area contributed by atoms with Crippen LogP contribution in [-0.4, -0.2) is 65.9 Å². The van der Waals surface area contributed by atoms with Crippen molar-refractivity contribution in [3.05, 3.63) is 12.2 Å². The Morgan fingerprint density at radius 2 is 2.26 bits per heavy atom. The van der Waals surface area contributed by atoms with Gasteiger partial charge in [-0.2, -0.15) is 0 Å². The second kappa shape index (κ2) is 4.72. The molecule has 8 nitrogen and oxygen atoms in total. The van der Waals surface area contributed by atoms with E-state index in [1.807, 2.05) is 4.57 Å². The molecule has 1 aromatic rings. The molecule has 0 spiro atoms. The zero-order chi connectivity index (χ0) is 13.4. The van der Waals surface area contributed by atoms with Crippen LogP contribution in [0.15, 0.2) is 6.33 Å². The largest absolute Gasteiger partial charge is 0.480 e. The minimum absolute atomic E-state index is 0.230. The van der Waals surface area contributed by atoms with E-state index >= 15 is 0 Å². The summed E-state index contributed by atoms with van der Waals surface area (Å²) in [6.07, 6.45) is 1.64. The molecule has 9 heteroatoms. The van der Waals surface area contributed by atoms with E-state index in [0.29, 0.717) is 31.3 Å². The molecule has 1 atom stereocenters. The zero-order valence-corrected chi connectivity index (χ0v) is 10.9. The van der Waals surface area contributed by atoms with E-state index in [9.17, 15) is 9.59 Å². The molecule has 19 heavy (non-hydrogen) atoms. The Kier molecular flexibility index (Phi) is 3.05. The van der Waals surface area contributed by atoms with Gasteiger partial charge in [-0.15, -0.1) is 22.0 Å². The fraction of sp³-hybridized carbons (Fsp3) is 0.600. The maximum Gasteiger partial charge on any atom is 0.327 e. The van der Waals surface area contributed by atoms with E-state index in [1.165, 1.54) is 16.7 Å².